The van der Waals surface area contributed by atoms with E-state index in [1.807, 2.05) is 18.2 Å². The van der Waals surface area contributed by atoms with E-state index in [1.165, 1.54) is 0 Å². The number of hydrogen-bond donors (Lipinski definition) is 1. The van der Waals surface area contributed by atoms with Crippen LogP contribution in [0.25, 0.3) is 0 Å². The van der Waals surface area contributed by atoms with Gasteiger partial charge in [0.15, 0.2) is 0 Å². The van der Waals surface area contributed by atoms with Gasteiger partial charge < -0.3 is 5.32 Å². The molecule has 17 heavy (non-hydrogen) atoms. The highest BCUT2D eigenvalue weighted by molar-refractivity contribution is 9.11. The van der Waals surface area contributed by atoms with E-state index in [9.17, 15) is 0 Å². The van der Waals surface area contributed by atoms with Crippen molar-refractivity contribution in [3.63, 3.8) is 0 Å². The van der Waals surface area contributed by atoms with Crippen molar-refractivity contribution in [2.75, 3.05) is 5.32 Å². The van der Waals surface area contributed by atoms with Crippen LogP contribution < -0.4 is 5.32 Å². The number of rotatable bonds is 2. The fourth-order valence-electron chi connectivity index (χ4n) is 1.32. The molecule has 0 bridgehead atoms. The van der Waals surface area contributed by atoms with Crippen LogP contribution >= 0.6 is 31.9 Å². The van der Waals surface area contributed by atoms with Gasteiger partial charge >= 0.3 is 0 Å². The fourth-order valence-corrected chi connectivity index (χ4v) is 2.02. The number of nitrogens with one attached hydrogen (secondary N) is 1. The second-order valence-corrected chi connectivity index (χ2v) is 5.03. The minimum Gasteiger partial charge on any atom is -0.338 e. The normalized spacial score (nSPS) is 9.71. The molecule has 0 amide bonds. The van der Waals surface area contributed by atoms with E-state index in [4.69, 9.17) is 5.26 Å². The van der Waals surface area contributed by atoms with Crippen LogP contribution in [0.5, 0.6) is 0 Å². The summed E-state index contributed by atoms with van der Waals surface area (Å²) in [5.74, 6) is 0.550. The summed E-state index contributed by atoms with van der Waals surface area (Å²) in [4.78, 5) is 4.15. The van der Waals surface area contributed by atoms with Crippen molar-refractivity contribution in [3.8, 4) is 6.07 Å². The molecule has 0 aliphatic rings. The lowest BCUT2D eigenvalue weighted by Crippen LogP contribution is -1.97. The quantitative estimate of drug-likeness (QED) is 0.880. The molecule has 1 aromatic heterocycles. The number of benzene rings is 1. The van der Waals surface area contributed by atoms with Crippen molar-refractivity contribution in [2.24, 2.45) is 0 Å². The summed E-state index contributed by atoms with van der Waals surface area (Å²) in [6.07, 6.45) is 1.65. The van der Waals surface area contributed by atoms with Gasteiger partial charge in [-0.2, -0.15) is 5.26 Å². The molecule has 1 heterocycles. The Bertz CT molecular complexity index is 591. The summed E-state index contributed by atoms with van der Waals surface area (Å²) in [6.45, 7) is 0. The lowest BCUT2D eigenvalue weighted by molar-refractivity contribution is 1.28. The summed E-state index contributed by atoms with van der Waals surface area (Å²) in [5, 5.41) is 12.1. The van der Waals surface area contributed by atoms with Crippen LogP contribution in [0.2, 0.25) is 0 Å². The minimum absolute atomic E-state index is 0.513. The molecule has 3 nitrogen and oxygen atoms in total. The monoisotopic (exact) mass is 351 g/mol. The van der Waals surface area contributed by atoms with Crippen molar-refractivity contribution in [1.29, 1.82) is 5.26 Å². The first-order chi connectivity index (χ1) is 8.20. The predicted molar refractivity (Wildman–Crippen MR) is 74.1 cm³/mol. The maximum absolute atomic E-state index is 8.97. The maximum Gasteiger partial charge on any atom is 0.148 e. The Hall–Kier alpha value is -1.38. The Balaban J connectivity index is 2.38. The van der Waals surface area contributed by atoms with Crippen molar-refractivity contribution >= 4 is 43.4 Å². The summed E-state index contributed by atoms with van der Waals surface area (Å²) in [7, 11) is 0. The average Bonchev–Trinajstić information content (AvgIpc) is 2.34. The van der Waals surface area contributed by atoms with Gasteiger partial charge in [0.2, 0.25) is 0 Å². The fraction of sp³-hybridized carbons (Fsp3) is 0. The van der Waals surface area contributed by atoms with Crippen LogP contribution in [-0.4, -0.2) is 4.98 Å². The molecule has 0 unspecified atom stereocenters. The molecule has 0 aliphatic heterocycles. The average molecular weight is 353 g/mol. The van der Waals surface area contributed by atoms with Crippen molar-refractivity contribution in [1.82, 2.24) is 4.98 Å². The third kappa shape index (κ3) is 2.84. The minimum atomic E-state index is 0.513. The highest BCUT2D eigenvalue weighted by atomic mass is 79.9. The number of aromatic nitrogens is 1. The van der Waals surface area contributed by atoms with Gasteiger partial charge in [-0.25, -0.2) is 4.98 Å². The van der Waals surface area contributed by atoms with Gasteiger partial charge in [-0.3, -0.25) is 0 Å². The molecule has 0 aliphatic carbocycles. The van der Waals surface area contributed by atoms with E-state index < -0.39 is 0 Å². The molecule has 2 aromatic rings. The Morgan fingerprint density at radius 2 is 2.06 bits per heavy atom. The second-order valence-electron chi connectivity index (χ2n) is 3.26. The second kappa shape index (κ2) is 5.30. The molecule has 5 heteroatoms. The summed E-state index contributed by atoms with van der Waals surface area (Å²) >= 11 is 6.84. The number of hydrogen-bond acceptors (Lipinski definition) is 3. The van der Waals surface area contributed by atoms with E-state index in [1.54, 1.807) is 18.3 Å². The Morgan fingerprint density at radius 1 is 1.24 bits per heavy atom. The molecule has 0 saturated carbocycles. The number of pyridine rings is 1. The first-order valence-electron chi connectivity index (χ1n) is 4.78. The molecule has 1 N–H and O–H groups in total. The van der Waals surface area contributed by atoms with Gasteiger partial charge in [0.05, 0.1) is 11.3 Å². The zero-order valence-corrected chi connectivity index (χ0v) is 11.8. The summed E-state index contributed by atoms with van der Waals surface area (Å²) < 4.78 is 1.87. The van der Waals surface area contributed by atoms with Crippen molar-refractivity contribution in [2.45, 2.75) is 0 Å². The van der Waals surface area contributed by atoms with Crippen LogP contribution in [0.4, 0.5) is 11.5 Å². The molecular formula is C12H7Br2N3. The van der Waals surface area contributed by atoms with Crippen LogP contribution in [0, 0.1) is 11.3 Å². The molecule has 0 saturated heterocycles. The number of anilines is 2. The molecule has 0 fully saturated rings. The maximum atomic E-state index is 8.97. The van der Waals surface area contributed by atoms with E-state index in [0.717, 1.165) is 14.6 Å². The topological polar surface area (TPSA) is 48.7 Å². The first-order valence-corrected chi connectivity index (χ1v) is 6.36. The standard InChI is InChI=1S/C12H7Br2N3/c13-9-3-4-10(14)11(6-9)17-12-8(7-15)2-1-5-16-12/h1-6H,(H,16,17). The van der Waals surface area contributed by atoms with Crippen LogP contribution in [0.15, 0.2) is 45.5 Å². The first kappa shape index (κ1) is 12.1. The van der Waals surface area contributed by atoms with Gasteiger partial charge in [0.1, 0.15) is 11.9 Å². The third-order valence-electron chi connectivity index (χ3n) is 2.11. The molecule has 84 valence electrons. The third-order valence-corrected chi connectivity index (χ3v) is 3.29. The van der Waals surface area contributed by atoms with Gasteiger partial charge in [-0.1, -0.05) is 15.9 Å². The molecule has 2 rings (SSSR count). The van der Waals surface area contributed by atoms with E-state index in [0.29, 0.717) is 11.4 Å². The Morgan fingerprint density at radius 3 is 2.82 bits per heavy atom. The number of nitrogens with zero attached hydrogens (tertiary/aromatic N) is 2. The van der Waals surface area contributed by atoms with E-state index in [2.05, 4.69) is 48.2 Å². The predicted octanol–water partition coefficient (Wildman–Crippen LogP) is 4.22. The lowest BCUT2D eigenvalue weighted by atomic mass is 10.2. The van der Waals surface area contributed by atoms with E-state index in [-0.39, 0.29) is 0 Å². The van der Waals surface area contributed by atoms with Gasteiger partial charge in [0, 0.05) is 15.1 Å². The van der Waals surface area contributed by atoms with Crippen LogP contribution in [0.3, 0.4) is 0 Å². The molecule has 0 spiro atoms. The molecule has 1 aromatic carbocycles. The molecule has 0 radical (unpaired) electrons. The molecule has 0 atom stereocenters. The highest BCUT2D eigenvalue weighted by Crippen LogP contribution is 2.29. The van der Waals surface area contributed by atoms with E-state index >= 15 is 0 Å². The highest BCUT2D eigenvalue weighted by Gasteiger charge is 2.05. The number of nitriles is 1. The van der Waals surface area contributed by atoms with Gasteiger partial charge in [-0.15, -0.1) is 0 Å². The Labute approximate surface area is 116 Å². The van der Waals surface area contributed by atoms with Crippen LogP contribution in [-0.2, 0) is 0 Å². The van der Waals surface area contributed by atoms with Crippen molar-refractivity contribution in [3.05, 3.63) is 51.0 Å². The smallest absolute Gasteiger partial charge is 0.148 e. The summed E-state index contributed by atoms with van der Waals surface area (Å²) in [6, 6.07) is 11.3. The van der Waals surface area contributed by atoms with Crippen LogP contribution in [0.1, 0.15) is 5.56 Å². The van der Waals surface area contributed by atoms with Crippen molar-refractivity contribution < 1.29 is 0 Å². The largest absolute Gasteiger partial charge is 0.338 e. The SMILES string of the molecule is N#Cc1cccnc1Nc1cc(Br)ccc1Br. The Kier molecular flexibility index (Phi) is 3.77. The lowest BCUT2D eigenvalue weighted by Gasteiger charge is -2.09. The van der Waals surface area contributed by atoms with Gasteiger partial charge in [-0.05, 0) is 46.3 Å². The summed E-state index contributed by atoms with van der Waals surface area (Å²) in [5.41, 5.74) is 1.37. The molecular weight excluding hydrogens is 346 g/mol. The zero-order chi connectivity index (χ0) is 12.3. The van der Waals surface area contributed by atoms with Gasteiger partial charge in [0.25, 0.3) is 0 Å². The number of halogens is 2. The zero-order valence-electron chi connectivity index (χ0n) is 8.61.